The minimum atomic E-state index is -4.50. The number of rotatable bonds is 10. The maximum atomic E-state index is 13.3. The molecule has 1 atom stereocenters. The topological polar surface area (TPSA) is 123 Å². The number of hydrazine groups is 1. The molecule has 0 radical (unpaired) electrons. The number of hydrazone groups is 1. The van der Waals surface area contributed by atoms with Crippen LogP contribution < -0.4 is 21.5 Å². The Bertz CT molecular complexity index is 1060. The molecule has 2 aromatic rings. The Hall–Kier alpha value is -2.96. The number of hydrogen-bond donors (Lipinski definition) is 3. The highest BCUT2D eigenvalue weighted by atomic mass is 32.2. The molecule has 1 aliphatic rings. The molecule has 6 N–H and O–H groups in total. The van der Waals surface area contributed by atoms with Gasteiger partial charge in [-0.05, 0) is 85.7 Å². The molecule has 196 valence electrons. The SMILES string of the molecule is C/C(N)=N/N(N)Cc1cc(C(F)(F)F)ccc1CCC(=O)N1CCCC1COc1ccc(SN)cc1. The number of nitrogens with zero attached hydrogens (tertiary/aromatic N) is 3. The fraction of sp³-hybridized carbons (Fsp3) is 0.417. The van der Waals surface area contributed by atoms with Crippen molar-refractivity contribution in [1.82, 2.24) is 10.0 Å². The highest BCUT2D eigenvalue weighted by molar-refractivity contribution is 7.97. The largest absolute Gasteiger partial charge is 0.491 e. The van der Waals surface area contributed by atoms with Gasteiger partial charge in [0.15, 0.2) is 0 Å². The number of aryl methyl sites for hydroxylation is 1. The number of halogens is 3. The third-order valence-corrected chi connectivity index (χ3v) is 6.40. The molecule has 8 nitrogen and oxygen atoms in total. The first kappa shape index (κ1) is 27.6. The van der Waals surface area contributed by atoms with Crippen LogP contribution in [0.1, 0.15) is 42.9 Å². The summed E-state index contributed by atoms with van der Waals surface area (Å²) in [4.78, 5) is 15.7. The maximum Gasteiger partial charge on any atom is 0.416 e. The molecule has 1 amide bonds. The van der Waals surface area contributed by atoms with E-state index in [1.807, 2.05) is 24.3 Å². The van der Waals surface area contributed by atoms with E-state index >= 15 is 0 Å². The number of amides is 1. The van der Waals surface area contributed by atoms with Crippen LogP contribution in [-0.4, -0.2) is 41.0 Å². The van der Waals surface area contributed by atoms with Crippen LogP contribution in [0.3, 0.4) is 0 Å². The molecule has 1 saturated heterocycles. The van der Waals surface area contributed by atoms with Gasteiger partial charge in [0, 0.05) is 17.9 Å². The summed E-state index contributed by atoms with van der Waals surface area (Å²) >= 11 is 1.15. The van der Waals surface area contributed by atoms with Crippen LogP contribution in [0.25, 0.3) is 0 Å². The van der Waals surface area contributed by atoms with Crippen LogP contribution in [0.2, 0.25) is 0 Å². The second-order valence-electron chi connectivity index (χ2n) is 8.60. The number of carbonyl (C=O) groups is 1. The maximum absolute atomic E-state index is 13.3. The predicted octanol–water partition coefficient (Wildman–Crippen LogP) is 3.64. The average Bonchev–Trinajstić information content (AvgIpc) is 3.29. The first-order valence-corrected chi connectivity index (χ1v) is 12.4. The molecule has 1 aliphatic heterocycles. The number of ether oxygens (including phenoxy) is 1. The lowest BCUT2D eigenvalue weighted by atomic mass is 9.99. The van der Waals surface area contributed by atoms with Gasteiger partial charge < -0.3 is 15.4 Å². The van der Waals surface area contributed by atoms with Crippen molar-refractivity contribution in [1.29, 1.82) is 0 Å². The lowest BCUT2D eigenvalue weighted by molar-refractivity contribution is -0.137. The number of likely N-dealkylation sites (tertiary alicyclic amines) is 1. The van der Waals surface area contributed by atoms with Crippen molar-refractivity contribution >= 4 is 23.7 Å². The molecular weight excluding hydrogens is 493 g/mol. The summed E-state index contributed by atoms with van der Waals surface area (Å²) in [5, 5.41) is 10.4. The Morgan fingerprint density at radius 1 is 1.22 bits per heavy atom. The highest BCUT2D eigenvalue weighted by Crippen LogP contribution is 2.31. The standard InChI is InChI=1S/C24H31F3N6O2S/c1-16(28)31-33(29)14-18-13-19(24(25,26)27)6-4-17(18)5-11-23(34)32-12-2-3-20(32)15-35-21-7-9-22(36-30)10-8-21/h4,6-10,13,20H,2-3,5,11-12,14-15,29-30H2,1H3,(H2,28,31). The van der Waals surface area contributed by atoms with Gasteiger partial charge in [-0.15, -0.1) is 5.10 Å². The van der Waals surface area contributed by atoms with E-state index in [0.717, 1.165) is 46.9 Å². The second kappa shape index (κ2) is 12.3. The Balaban J connectivity index is 1.64. The minimum absolute atomic E-state index is 0.0606. The molecule has 1 heterocycles. The second-order valence-corrected chi connectivity index (χ2v) is 9.31. The summed E-state index contributed by atoms with van der Waals surface area (Å²) in [7, 11) is 0. The van der Waals surface area contributed by atoms with E-state index in [-0.39, 0.29) is 37.2 Å². The van der Waals surface area contributed by atoms with Gasteiger partial charge in [-0.2, -0.15) is 13.2 Å². The Morgan fingerprint density at radius 3 is 2.58 bits per heavy atom. The van der Waals surface area contributed by atoms with Crippen molar-refractivity contribution in [3.8, 4) is 5.75 Å². The molecule has 0 saturated carbocycles. The van der Waals surface area contributed by atoms with Gasteiger partial charge in [0.1, 0.15) is 18.2 Å². The Labute approximate surface area is 212 Å². The monoisotopic (exact) mass is 524 g/mol. The number of hydrogen-bond acceptors (Lipinski definition) is 7. The van der Waals surface area contributed by atoms with E-state index in [4.69, 9.17) is 21.5 Å². The molecule has 0 spiro atoms. The Kier molecular flexibility index (Phi) is 9.46. The van der Waals surface area contributed by atoms with Gasteiger partial charge in [-0.25, -0.2) is 11.0 Å². The average molecular weight is 525 g/mol. The zero-order valence-corrected chi connectivity index (χ0v) is 20.8. The summed E-state index contributed by atoms with van der Waals surface area (Å²) in [6.07, 6.45) is -2.38. The normalized spacial score (nSPS) is 16.3. The fourth-order valence-electron chi connectivity index (χ4n) is 4.14. The van der Waals surface area contributed by atoms with Gasteiger partial charge in [-0.3, -0.25) is 9.93 Å². The van der Waals surface area contributed by atoms with Crippen molar-refractivity contribution in [2.45, 2.75) is 56.3 Å². The number of nitrogens with two attached hydrogens (primary N) is 3. The van der Waals surface area contributed by atoms with Crippen LogP contribution in [0.5, 0.6) is 5.75 Å². The smallest absolute Gasteiger partial charge is 0.416 e. The van der Waals surface area contributed by atoms with Gasteiger partial charge in [0.05, 0.1) is 18.2 Å². The number of carbonyl (C=O) groups excluding carboxylic acids is 1. The summed E-state index contributed by atoms with van der Waals surface area (Å²) in [5.74, 6) is 6.60. The zero-order chi connectivity index (χ0) is 26.3. The van der Waals surface area contributed by atoms with Gasteiger partial charge in [-0.1, -0.05) is 6.07 Å². The molecule has 0 aliphatic carbocycles. The van der Waals surface area contributed by atoms with E-state index in [1.165, 1.54) is 13.0 Å². The van der Waals surface area contributed by atoms with Crippen LogP contribution in [0.4, 0.5) is 13.2 Å². The van der Waals surface area contributed by atoms with Crippen LogP contribution in [-0.2, 0) is 23.9 Å². The van der Waals surface area contributed by atoms with Crippen LogP contribution in [0, 0.1) is 0 Å². The molecule has 36 heavy (non-hydrogen) atoms. The Morgan fingerprint density at radius 2 is 1.94 bits per heavy atom. The quantitative estimate of drug-likeness (QED) is 0.143. The molecule has 1 fully saturated rings. The van der Waals surface area contributed by atoms with Gasteiger partial charge in [0.25, 0.3) is 0 Å². The van der Waals surface area contributed by atoms with Crippen LogP contribution in [0.15, 0.2) is 52.5 Å². The predicted molar refractivity (Wildman–Crippen MR) is 134 cm³/mol. The van der Waals surface area contributed by atoms with Gasteiger partial charge >= 0.3 is 6.18 Å². The minimum Gasteiger partial charge on any atom is -0.491 e. The highest BCUT2D eigenvalue weighted by Gasteiger charge is 2.32. The number of benzene rings is 2. The fourth-order valence-corrected chi connectivity index (χ4v) is 4.43. The molecule has 12 heteroatoms. The van der Waals surface area contributed by atoms with E-state index in [1.54, 1.807) is 4.90 Å². The van der Waals surface area contributed by atoms with E-state index in [9.17, 15) is 18.0 Å². The van der Waals surface area contributed by atoms with Crippen molar-refractivity contribution in [3.05, 3.63) is 59.2 Å². The lowest BCUT2D eigenvalue weighted by Gasteiger charge is -2.25. The van der Waals surface area contributed by atoms with E-state index < -0.39 is 11.7 Å². The van der Waals surface area contributed by atoms with Crippen molar-refractivity contribution in [2.75, 3.05) is 13.2 Å². The zero-order valence-electron chi connectivity index (χ0n) is 20.0. The van der Waals surface area contributed by atoms with E-state index in [2.05, 4.69) is 5.10 Å². The third-order valence-electron chi connectivity index (χ3n) is 5.86. The summed E-state index contributed by atoms with van der Waals surface area (Å²) in [5.41, 5.74) is 5.67. The third kappa shape index (κ3) is 7.77. The molecule has 3 rings (SSSR count). The molecule has 2 aromatic carbocycles. The van der Waals surface area contributed by atoms with Crippen molar-refractivity contribution < 1.29 is 22.7 Å². The van der Waals surface area contributed by atoms with Crippen LogP contribution >= 0.6 is 11.9 Å². The number of amidine groups is 1. The molecule has 0 bridgehead atoms. The molecule has 0 aromatic heterocycles. The lowest BCUT2D eigenvalue weighted by Crippen LogP contribution is -2.39. The first-order chi connectivity index (χ1) is 17.1. The van der Waals surface area contributed by atoms with E-state index in [0.29, 0.717) is 30.0 Å². The summed E-state index contributed by atoms with van der Waals surface area (Å²) in [6.45, 7) is 2.43. The van der Waals surface area contributed by atoms with Gasteiger partial charge in [0.2, 0.25) is 5.91 Å². The van der Waals surface area contributed by atoms with Crippen molar-refractivity contribution in [2.24, 2.45) is 21.8 Å². The van der Waals surface area contributed by atoms with Crippen molar-refractivity contribution in [3.63, 3.8) is 0 Å². The summed E-state index contributed by atoms with van der Waals surface area (Å²) < 4.78 is 45.7. The summed E-state index contributed by atoms with van der Waals surface area (Å²) in [6, 6.07) is 10.8. The molecular formula is C24H31F3N6O2S. The first-order valence-electron chi connectivity index (χ1n) is 11.5. The number of alkyl halides is 3. The molecule has 1 unspecified atom stereocenters.